The molecule has 0 saturated heterocycles. The molecule has 3 aromatic rings. The van der Waals surface area contributed by atoms with Crippen molar-refractivity contribution >= 4 is 17.8 Å². The summed E-state index contributed by atoms with van der Waals surface area (Å²) in [6.07, 6.45) is 4.34. The monoisotopic (exact) mass is 366 g/mol. The van der Waals surface area contributed by atoms with E-state index in [0.29, 0.717) is 28.4 Å². The molecule has 0 atom stereocenters. The van der Waals surface area contributed by atoms with Crippen molar-refractivity contribution in [2.75, 3.05) is 7.11 Å². The Labute approximate surface area is 153 Å². The molecule has 0 radical (unpaired) electrons. The van der Waals surface area contributed by atoms with Crippen molar-refractivity contribution in [3.8, 4) is 17.1 Å². The molecule has 9 nitrogen and oxygen atoms in total. The third-order valence-corrected chi connectivity index (χ3v) is 3.57. The van der Waals surface area contributed by atoms with Gasteiger partial charge in [-0.05, 0) is 30.3 Å². The Hall–Kier alpha value is -4.01. The van der Waals surface area contributed by atoms with Gasteiger partial charge in [-0.1, -0.05) is 0 Å². The van der Waals surface area contributed by atoms with E-state index in [1.807, 2.05) is 0 Å². The predicted molar refractivity (Wildman–Crippen MR) is 96.6 cm³/mol. The van der Waals surface area contributed by atoms with Crippen LogP contribution in [-0.4, -0.2) is 29.1 Å². The fourth-order valence-corrected chi connectivity index (χ4v) is 2.28. The van der Waals surface area contributed by atoms with Crippen LogP contribution in [-0.2, 0) is 0 Å². The van der Waals surface area contributed by atoms with E-state index in [2.05, 4.69) is 15.5 Å². The summed E-state index contributed by atoms with van der Waals surface area (Å²) in [5.74, 6) is 0.744. The fourth-order valence-electron chi connectivity index (χ4n) is 2.28. The van der Waals surface area contributed by atoms with Gasteiger partial charge in [0, 0.05) is 18.5 Å². The van der Waals surface area contributed by atoms with Crippen LogP contribution in [0.5, 0.6) is 5.75 Å². The van der Waals surface area contributed by atoms with Crippen molar-refractivity contribution in [2.45, 2.75) is 0 Å². The number of carbonyl (C=O) groups is 1. The van der Waals surface area contributed by atoms with Crippen molar-refractivity contribution in [3.05, 3.63) is 76.3 Å². The van der Waals surface area contributed by atoms with E-state index < -0.39 is 10.8 Å². The fraction of sp³-hybridized carbons (Fsp3) is 0.0556. The topological polar surface area (TPSA) is 120 Å². The highest BCUT2D eigenvalue weighted by Crippen LogP contribution is 2.33. The second-order valence-corrected chi connectivity index (χ2v) is 5.28. The van der Waals surface area contributed by atoms with E-state index in [0.717, 1.165) is 0 Å². The first-order valence-corrected chi connectivity index (χ1v) is 7.74. The minimum absolute atomic E-state index is 0.0814. The van der Waals surface area contributed by atoms with Gasteiger partial charge >= 0.3 is 0 Å². The summed E-state index contributed by atoms with van der Waals surface area (Å²) < 4.78 is 10.8. The Morgan fingerprint density at radius 2 is 2.19 bits per heavy atom. The summed E-state index contributed by atoms with van der Waals surface area (Å²) in [5, 5.41) is 14.7. The number of amides is 1. The first kappa shape index (κ1) is 17.8. The summed E-state index contributed by atoms with van der Waals surface area (Å²) >= 11 is 0. The van der Waals surface area contributed by atoms with Crippen LogP contribution in [0.2, 0.25) is 0 Å². The molecule has 1 amide bonds. The second kappa shape index (κ2) is 7.91. The molecule has 0 saturated carbocycles. The number of pyridine rings is 1. The maximum atomic E-state index is 11.9. The molecule has 27 heavy (non-hydrogen) atoms. The van der Waals surface area contributed by atoms with E-state index in [1.165, 1.54) is 31.7 Å². The number of methoxy groups -OCH3 is 1. The number of benzene rings is 1. The third-order valence-electron chi connectivity index (χ3n) is 3.57. The molecule has 1 N–H and O–H groups in total. The molecule has 0 spiro atoms. The minimum Gasteiger partial charge on any atom is -0.496 e. The Morgan fingerprint density at radius 3 is 2.89 bits per heavy atom. The average molecular weight is 366 g/mol. The highest BCUT2D eigenvalue weighted by atomic mass is 16.6. The lowest BCUT2D eigenvalue weighted by molar-refractivity contribution is -0.384. The molecule has 0 fully saturated rings. The number of hydrogen-bond donors (Lipinski definition) is 1. The lowest BCUT2D eigenvalue weighted by Gasteiger charge is -2.05. The van der Waals surface area contributed by atoms with Gasteiger partial charge in [-0.2, -0.15) is 5.10 Å². The average Bonchev–Trinajstić information content (AvgIpc) is 3.16. The zero-order chi connectivity index (χ0) is 19.2. The number of nitrogens with zero attached hydrogens (tertiary/aromatic N) is 3. The van der Waals surface area contributed by atoms with Crippen LogP contribution >= 0.6 is 0 Å². The van der Waals surface area contributed by atoms with E-state index in [-0.39, 0.29) is 5.69 Å². The highest BCUT2D eigenvalue weighted by Gasteiger charge is 2.15. The van der Waals surface area contributed by atoms with Crippen LogP contribution in [0, 0.1) is 10.1 Å². The maximum Gasteiger partial charge on any atom is 0.273 e. The van der Waals surface area contributed by atoms with Gasteiger partial charge in [-0.3, -0.25) is 19.9 Å². The van der Waals surface area contributed by atoms with Gasteiger partial charge < -0.3 is 9.15 Å². The first-order valence-electron chi connectivity index (χ1n) is 7.74. The number of hydrogen-bond acceptors (Lipinski definition) is 7. The highest BCUT2D eigenvalue weighted by molar-refractivity contribution is 5.94. The van der Waals surface area contributed by atoms with E-state index in [1.54, 1.807) is 36.5 Å². The Morgan fingerprint density at radius 1 is 1.33 bits per heavy atom. The Balaban J connectivity index is 1.73. The molecule has 0 unspecified atom stereocenters. The van der Waals surface area contributed by atoms with Crippen LogP contribution in [0.25, 0.3) is 11.3 Å². The van der Waals surface area contributed by atoms with Gasteiger partial charge in [0.1, 0.15) is 17.3 Å². The number of rotatable bonds is 6. The number of carbonyl (C=O) groups excluding carboxylic acids is 1. The molecule has 2 aromatic heterocycles. The lowest BCUT2D eigenvalue weighted by Crippen LogP contribution is -2.17. The zero-order valence-corrected chi connectivity index (χ0v) is 14.2. The van der Waals surface area contributed by atoms with E-state index in [4.69, 9.17) is 9.15 Å². The largest absolute Gasteiger partial charge is 0.496 e. The SMILES string of the molecule is COc1cc([N+](=O)[O-])ccc1-c1ccc(/C=N/NC(=O)c2cccnc2)o1. The smallest absolute Gasteiger partial charge is 0.273 e. The van der Waals surface area contributed by atoms with Crippen molar-refractivity contribution < 1.29 is 18.9 Å². The first-order chi connectivity index (χ1) is 13.1. The molecule has 1 aromatic carbocycles. The van der Waals surface area contributed by atoms with Gasteiger partial charge in [0.25, 0.3) is 11.6 Å². The van der Waals surface area contributed by atoms with Crippen molar-refractivity contribution in [1.82, 2.24) is 10.4 Å². The van der Waals surface area contributed by atoms with Gasteiger partial charge in [0.2, 0.25) is 0 Å². The lowest BCUT2D eigenvalue weighted by atomic mass is 10.1. The summed E-state index contributed by atoms with van der Waals surface area (Å²) in [7, 11) is 1.42. The normalized spacial score (nSPS) is 10.7. The van der Waals surface area contributed by atoms with Gasteiger partial charge in [-0.25, -0.2) is 5.43 Å². The molecular formula is C18H14N4O5. The predicted octanol–water partition coefficient (Wildman–Crippen LogP) is 3.02. The van der Waals surface area contributed by atoms with Gasteiger partial charge in [-0.15, -0.1) is 0 Å². The Bertz CT molecular complexity index is 998. The molecule has 9 heteroatoms. The summed E-state index contributed by atoms with van der Waals surface area (Å²) in [6, 6.07) is 10.8. The van der Waals surface area contributed by atoms with Crippen molar-refractivity contribution in [3.63, 3.8) is 0 Å². The molecule has 136 valence electrons. The Kier molecular flexibility index (Phi) is 5.22. The summed E-state index contributed by atoms with van der Waals surface area (Å²) in [6.45, 7) is 0. The van der Waals surface area contributed by atoms with Crippen LogP contribution in [0.1, 0.15) is 16.1 Å². The number of ether oxygens (including phenoxy) is 1. The molecule has 0 aliphatic rings. The summed E-state index contributed by atoms with van der Waals surface area (Å²) in [4.78, 5) is 26.1. The minimum atomic E-state index is -0.503. The molecule has 2 heterocycles. The molecular weight excluding hydrogens is 352 g/mol. The molecule has 0 aliphatic heterocycles. The van der Waals surface area contributed by atoms with Gasteiger partial charge in [0.15, 0.2) is 0 Å². The number of furan rings is 1. The van der Waals surface area contributed by atoms with Gasteiger partial charge in [0.05, 0.1) is 35.4 Å². The van der Waals surface area contributed by atoms with Crippen molar-refractivity contribution in [2.24, 2.45) is 5.10 Å². The number of non-ortho nitro benzene ring substituents is 1. The summed E-state index contributed by atoms with van der Waals surface area (Å²) in [5.41, 5.74) is 3.23. The van der Waals surface area contributed by atoms with E-state index >= 15 is 0 Å². The van der Waals surface area contributed by atoms with Crippen LogP contribution in [0.15, 0.2) is 64.4 Å². The van der Waals surface area contributed by atoms with Crippen LogP contribution < -0.4 is 10.2 Å². The quantitative estimate of drug-likeness (QED) is 0.407. The number of nitrogens with one attached hydrogen (secondary N) is 1. The number of nitro benzene ring substituents is 1. The zero-order valence-electron chi connectivity index (χ0n) is 14.2. The number of hydrazone groups is 1. The number of aromatic nitrogens is 1. The molecule has 0 aliphatic carbocycles. The van der Waals surface area contributed by atoms with E-state index in [9.17, 15) is 14.9 Å². The van der Waals surface area contributed by atoms with Crippen LogP contribution in [0.3, 0.4) is 0 Å². The second-order valence-electron chi connectivity index (χ2n) is 5.28. The standard InChI is InChI=1S/C18H14N4O5/c1-26-17-9-13(22(24)25)4-6-15(17)16-7-5-14(27-16)11-20-21-18(23)12-3-2-8-19-10-12/h2-11H,1H3,(H,21,23)/b20-11+. The van der Waals surface area contributed by atoms with Crippen molar-refractivity contribution in [1.29, 1.82) is 0 Å². The third kappa shape index (κ3) is 4.15. The molecule has 0 bridgehead atoms. The maximum absolute atomic E-state index is 11.9. The molecule has 3 rings (SSSR count). The van der Waals surface area contributed by atoms with Crippen LogP contribution in [0.4, 0.5) is 5.69 Å². The number of nitro groups is 1.